The van der Waals surface area contributed by atoms with E-state index in [9.17, 15) is 9.59 Å². The number of aliphatic carboxylic acids is 1. The van der Waals surface area contributed by atoms with E-state index in [1.807, 2.05) is 6.92 Å². The number of rotatable bonds is 3. The van der Waals surface area contributed by atoms with Crippen molar-refractivity contribution in [3.8, 4) is 0 Å². The molecule has 2 aliphatic heterocycles. The van der Waals surface area contributed by atoms with Gasteiger partial charge in [0.1, 0.15) is 0 Å². The highest BCUT2D eigenvalue weighted by molar-refractivity contribution is 5.79. The van der Waals surface area contributed by atoms with Crippen molar-refractivity contribution in [3.05, 3.63) is 0 Å². The molecule has 2 saturated heterocycles. The van der Waals surface area contributed by atoms with Crippen LogP contribution in [0.3, 0.4) is 0 Å². The van der Waals surface area contributed by atoms with Crippen molar-refractivity contribution < 1.29 is 14.7 Å². The van der Waals surface area contributed by atoms with Gasteiger partial charge in [0.05, 0.1) is 5.92 Å². The van der Waals surface area contributed by atoms with Gasteiger partial charge in [-0.2, -0.15) is 0 Å². The normalized spacial score (nSPS) is 31.8. The SMILES string of the molecule is CC(C)C(C)NC(=O)N1C2CCC1C(C(=O)O)C2. The first kappa shape index (κ1) is 13.2. The van der Waals surface area contributed by atoms with Gasteiger partial charge in [-0.1, -0.05) is 13.8 Å². The third-order valence-corrected chi connectivity index (χ3v) is 4.44. The van der Waals surface area contributed by atoms with Gasteiger partial charge in [0, 0.05) is 18.1 Å². The van der Waals surface area contributed by atoms with Crippen LogP contribution in [0.4, 0.5) is 4.79 Å². The highest BCUT2D eigenvalue weighted by Gasteiger charge is 2.51. The van der Waals surface area contributed by atoms with Crippen LogP contribution in [-0.4, -0.2) is 40.1 Å². The summed E-state index contributed by atoms with van der Waals surface area (Å²) in [6.07, 6.45) is 2.38. The quantitative estimate of drug-likeness (QED) is 0.805. The molecule has 4 unspecified atom stereocenters. The van der Waals surface area contributed by atoms with Gasteiger partial charge >= 0.3 is 12.0 Å². The fraction of sp³-hybridized carbons (Fsp3) is 0.846. The molecule has 2 N–H and O–H groups in total. The lowest BCUT2D eigenvalue weighted by Crippen LogP contribution is -2.48. The number of nitrogens with one attached hydrogen (secondary N) is 1. The second-order valence-corrected chi connectivity index (χ2v) is 5.87. The molecule has 0 aliphatic carbocycles. The molecule has 2 rings (SSSR count). The van der Waals surface area contributed by atoms with Crippen molar-refractivity contribution in [2.75, 3.05) is 0 Å². The zero-order chi connectivity index (χ0) is 13.4. The molecule has 4 atom stereocenters. The summed E-state index contributed by atoms with van der Waals surface area (Å²) in [7, 11) is 0. The molecular weight excluding hydrogens is 232 g/mol. The van der Waals surface area contributed by atoms with Gasteiger partial charge in [-0.25, -0.2) is 4.79 Å². The Kier molecular flexibility index (Phi) is 3.50. The zero-order valence-corrected chi connectivity index (χ0v) is 11.2. The van der Waals surface area contributed by atoms with Crippen molar-refractivity contribution in [1.29, 1.82) is 0 Å². The van der Waals surface area contributed by atoms with Crippen LogP contribution in [0.5, 0.6) is 0 Å². The van der Waals surface area contributed by atoms with Crippen LogP contribution in [0.25, 0.3) is 0 Å². The molecule has 0 aromatic carbocycles. The maximum atomic E-state index is 12.2. The standard InChI is InChI=1S/C13H22N2O3/c1-7(2)8(3)14-13(18)15-9-4-5-11(15)10(6-9)12(16)17/h7-11H,4-6H2,1-3H3,(H,14,18)(H,16,17). The number of urea groups is 1. The van der Waals surface area contributed by atoms with Crippen molar-refractivity contribution in [1.82, 2.24) is 10.2 Å². The molecule has 18 heavy (non-hydrogen) atoms. The van der Waals surface area contributed by atoms with Crippen LogP contribution in [0, 0.1) is 11.8 Å². The average Bonchev–Trinajstić information content (AvgIpc) is 2.85. The molecule has 102 valence electrons. The predicted molar refractivity (Wildman–Crippen MR) is 67.2 cm³/mol. The number of carboxylic acid groups (broad SMARTS) is 1. The van der Waals surface area contributed by atoms with Crippen LogP contribution >= 0.6 is 0 Å². The summed E-state index contributed by atoms with van der Waals surface area (Å²) in [4.78, 5) is 25.1. The van der Waals surface area contributed by atoms with E-state index >= 15 is 0 Å². The van der Waals surface area contributed by atoms with E-state index in [1.165, 1.54) is 0 Å². The number of hydrogen-bond acceptors (Lipinski definition) is 2. The average molecular weight is 254 g/mol. The van der Waals surface area contributed by atoms with Crippen molar-refractivity contribution in [3.63, 3.8) is 0 Å². The number of amides is 2. The van der Waals surface area contributed by atoms with Gasteiger partial charge in [-0.05, 0) is 32.1 Å². The minimum atomic E-state index is -0.767. The van der Waals surface area contributed by atoms with Gasteiger partial charge in [0.25, 0.3) is 0 Å². The predicted octanol–water partition coefficient (Wildman–Crippen LogP) is 1.68. The van der Waals surface area contributed by atoms with Gasteiger partial charge in [0.2, 0.25) is 0 Å². The molecule has 0 aromatic rings. The summed E-state index contributed by atoms with van der Waals surface area (Å²) in [6, 6.07) is 0.0375. The van der Waals surface area contributed by atoms with E-state index in [-0.39, 0.29) is 30.1 Å². The van der Waals surface area contributed by atoms with Gasteiger partial charge < -0.3 is 15.3 Å². The van der Waals surface area contributed by atoms with Crippen molar-refractivity contribution >= 4 is 12.0 Å². The Morgan fingerprint density at radius 1 is 1.28 bits per heavy atom. The Morgan fingerprint density at radius 2 is 1.94 bits per heavy atom. The van der Waals surface area contributed by atoms with E-state index < -0.39 is 5.97 Å². The van der Waals surface area contributed by atoms with Crippen molar-refractivity contribution in [2.45, 2.75) is 58.2 Å². The molecule has 2 amide bonds. The van der Waals surface area contributed by atoms with Crippen LogP contribution in [0.2, 0.25) is 0 Å². The number of carbonyl (C=O) groups excluding carboxylic acids is 1. The second-order valence-electron chi connectivity index (χ2n) is 5.87. The molecular formula is C13H22N2O3. The largest absolute Gasteiger partial charge is 0.481 e. The molecule has 5 heteroatoms. The third kappa shape index (κ3) is 2.18. The summed E-state index contributed by atoms with van der Waals surface area (Å²) in [5, 5.41) is 12.1. The second kappa shape index (κ2) is 4.78. The van der Waals surface area contributed by atoms with Gasteiger partial charge in [0.15, 0.2) is 0 Å². The van der Waals surface area contributed by atoms with E-state index in [0.717, 1.165) is 12.8 Å². The summed E-state index contributed by atoms with van der Waals surface area (Å²) in [5.74, 6) is -0.759. The lowest BCUT2D eigenvalue weighted by Gasteiger charge is -2.27. The highest BCUT2D eigenvalue weighted by atomic mass is 16.4. The smallest absolute Gasteiger partial charge is 0.318 e. The van der Waals surface area contributed by atoms with Gasteiger partial charge in [-0.15, -0.1) is 0 Å². The minimum Gasteiger partial charge on any atom is -0.481 e. The summed E-state index contributed by atoms with van der Waals surface area (Å²) in [5.41, 5.74) is 0. The summed E-state index contributed by atoms with van der Waals surface area (Å²) >= 11 is 0. The molecule has 0 aromatic heterocycles. The van der Waals surface area contributed by atoms with E-state index in [2.05, 4.69) is 19.2 Å². The maximum absolute atomic E-state index is 12.2. The van der Waals surface area contributed by atoms with Crippen LogP contribution < -0.4 is 5.32 Å². The minimum absolute atomic E-state index is 0.0903. The van der Waals surface area contributed by atoms with E-state index in [1.54, 1.807) is 4.90 Å². The third-order valence-electron chi connectivity index (χ3n) is 4.44. The molecule has 2 heterocycles. The lowest BCUT2D eigenvalue weighted by molar-refractivity contribution is -0.142. The molecule has 5 nitrogen and oxygen atoms in total. The molecule has 0 radical (unpaired) electrons. The molecule has 0 spiro atoms. The number of carbonyl (C=O) groups is 2. The Labute approximate surface area is 108 Å². The number of hydrogen-bond donors (Lipinski definition) is 2. The number of nitrogens with zero attached hydrogens (tertiary/aromatic N) is 1. The molecule has 2 bridgehead atoms. The number of carboxylic acids is 1. The first-order chi connectivity index (χ1) is 8.41. The summed E-state index contributed by atoms with van der Waals surface area (Å²) < 4.78 is 0. The fourth-order valence-electron chi connectivity index (χ4n) is 3.01. The Morgan fingerprint density at radius 3 is 2.44 bits per heavy atom. The van der Waals surface area contributed by atoms with Crippen LogP contribution in [-0.2, 0) is 4.79 Å². The zero-order valence-electron chi connectivity index (χ0n) is 11.2. The van der Waals surface area contributed by atoms with E-state index in [0.29, 0.717) is 12.3 Å². The molecule has 2 fully saturated rings. The Balaban J connectivity index is 2.02. The Hall–Kier alpha value is -1.26. The maximum Gasteiger partial charge on any atom is 0.318 e. The van der Waals surface area contributed by atoms with Crippen LogP contribution in [0.15, 0.2) is 0 Å². The lowest BCUT2D eigenvalue weighted by atomic mass is 9.89. The Bertz CT molecular complexity index is 356. The summed E-state index contributed by atoms with van der Waals surface area (Å²) in [6.45, 7) is 6.10. The van der Waals surface area contributed by atoms with Crippen molar-refractivity contribution in [2.24, 2.45) is 11.8 Å². The highest BCUT2D eigenvalue weighted by Crippen LogP contribution is 2.41. The molecule has 0 saturated carbocycles. The fourth-order valence-corrected chi connectivity index (χ4v) is 3.01. The first-order valence-electron chi connectivity index (χ1n) is 6.73. The topological polar surface area (TPSA) is 69.6 Å². The van der Waals surface area contributed by atoms with E-state index in [4.69, 9.17) is 5.11 Å². The number of fused-ring (bicyclic) bond motifs is 2. The van der Waals surface area contributed by atoms with Gasteiger partial charge in [-0.3, -0.25) is 4.79 Å². The monoisotopic (exact) mass is 254 g/mol. The van der Waals surface area contributed by atoms with Crippen LogP contribution in [0.1, 0.15) is 40.0 Å². The first-order valence-corrected chi connectivity index (χ1v) is 6.73. The molecule has 2 aliphatic rings.